The van der Waals surface area contributed by atoms with Crippen LogP contribution in [0.5, 0.6) is 5.75 Å². The topological polar surface area (TPSA) is 75.0 Å². The lowest BCUT2D eigenvalue weighted by Gasteiger charge is -2.10. The van der Waals surface area contributed by atoms with Gasteiger partial charge in [-0.2, -0.15) is 5.26 Å². The molecule has 0 saturated carbocycles. The fourth-order valence-electron chi connectivity index (χ4n) is 1.61. The zero-order valence-electron chi connectivity index (χ0n) is 10.6. The van der Waals surface area contributed by atoms with E-state index in [1.807, 2.05) is 6.07 Å². The second kappa shape index (κ2) is 6.04. The van der Waals surface area contributed by atoms with Crippen molar-refractivity contribution in [3.8, 4) is 11.8 Å². The summed E-state index contributed by atoms with van der Waals surface area (Å²) in [5, 5.41) is 11.9. The molecule has 0 radical (unpaired) electrons. The number of rotatable bonds is 3. The van der Waals surface area contributed by atoms with Gasteiger partial charge in [0.25, 0.3) is 5.91 Å². The summed E-state index contributed by atoms with van der Waals surface area (Å²) in [7, 11) is 1.46. The van der Waals surface area contributed by atoms with Crippen LogP contribution >= 0.6 is 11.6 Å². The Labute approximate surface area is 120 Å². The predicted octanol–water partition coefficient (Wildman–Crippen LogP) is 2.87. The number of ether oxygens (including phenoxy) is 1. The standard InChI is InChI=1S/C14H10ClN3O2/c1-20-13-8-17-5-4-10(13)14(19)18-12-6-9(7-16)2-3-11(12)15/h2-6,8H,1H3,(H,18,19). The van der Waals surface area contributed by atoms with Gasteiger partial charge in [0.1, 0.15) is 5.75 Å². The summed E-state index contributed by atoms with van der Waals surface area (Å²) in [6.07, 6.45) is 2.94. The van der Waals surface area contributed by atoms with E-state index in [1.54, 1.807) is 12.1 Å². The number of methoxy groups -OCH3 is 1. The third kappa shape index (κ3) is 2.87. The van der Waals surface area contributed by atoms with Crippen molar-refractivity contribution in [2.75, 3.05) is 12.4 Å². The van der Waals surface area contributed by atoms with Gasteiger partial charge in [-0.1, -0.05) is 11.6 Å². The van der Waals surface area contributed by atoms with Crippen molar-refractivity contribution >= 4 is 23.2 Å². The number of nitriles is 1. The van der Waals surface area contributed by atoms with Crippen LogP contribution in [-0.4, -0.2) is 18.0 Å². The first-order valence-corrected chi connectivity index (χ1v) is 6.02. The molecule has 20 heavy (non-hydrogen) atoms. The fraction of sp³-hybridized carbons (Fsp3) is 0.0714. The summed E-state index contributed by atoms with van der Waals surface area (Å²) >= 11 is 5.99. The molecule has 0 unspecified atom stereocenters. The number of aromatic nitrogens is 1. The maximum Gasteiger partial charge on any atom is 0.259 e. The van der Waals surface area contributed by atoms with Crippen LogP contribution in [0.4, 0.5) is 5.69 Å². The number of pyridine rings is 1. The van der Waals surface area contributed by atoms with Gasteiger partial charge in [0.15, 0.2) is 0 Å². The number of nitrogens with one attached hydrogen (secondary N) is 1. The van der Waals surface area contributed by atoms with Crippen molar-refractivity contribution in [1.82, 2.24) is 4.98 Å². The molecule has 2 rings (SSSR count). The van der Waals surface area contributed by atoms with Gasteiger partial charge in [-0.15, -0.1) is 0 Å². The highest BCUT2D eigenvalue weighted by molar-refractivity contribution is 6.34. The summed E-state index contributed by atoms with van der Waals surface area (Å²) in [6.45, 7) is 0. The summed E-state index contributed by atoms with van der Waals surface area (Å²) < 4.78 is 5.07. The van der Waals surface area contributed by atoms with E-state index in [0.717, 1.165) is 0 Å². The molecule has 0 bridgehead atoms. The van der Waals surface area contributed by atoms with E-state index in [0.29, 0.717) is 27.6 Å². The van der Waals surface area contributed by atoms with Crippen molar-refractivity contribution in [3.63, 3.8) is 0 Å². The quantitative estimate of drug-likeness (QED) is 0.942. The average molecular weight is 288 g/mol. The van der Waals surface area contributed by atoms with E-state index in [2.05, 4.69) is 10.3 Å². The van der Waals surface area contributed by atoms with Crippen molar-refractivity contribution in [2.45, 2.75) is 0 Å². The minimum Gasteiger partial charge on any atom is -0.494 e. The zero-order valence-corrected chi connectivity index (χ0v) is 11.3. The molecule has 0 aliphatic rings. The molecule has 1 N–H and O–H groups in total. The van der Waals surface area contributed by atoms with E-state index in [1.165, 1.54) is 31.6 Å². The normalized spacial score (nSPS) is 9.65. The lowest BCUT2D eigenvalue weighted by atomic mass is 10.2. The molecule has 0 spiro atoms. The Kier molecular flexibility index (Phi) is 4.18. The van der Waals surface area contributed by atoms with Gasteiger partial charge >= 0.3 is 0 Å². The highest BCUT2D eigenvalue weighted by atomic mass is 35.5. The number of nitrogens with zero attached hydrogens (tertiary/aromatic N) is 2. The predicted molar refractivity (Wildman–Crippen MR) is 74.9 cm³/mol. The van der Waals surface area contributed by atoms with E-state index in [9.17, 15) is 4.79 Å². The third-order valence-electron chi connectivity index (χ3n) is 2.59. The molecular weight excluding hydrogens is 278 g/mol. The Balaban J connectivity index is 2.30. The number of anilines is 1. The average Bonchev–Trinajstić information content (AvgIpc) is 2.49. The Morgan fingerprint density at radius 1 is 1.45 bits per heavy atom. The second-order valence-corrected chi connectivity index (χ2v) is 4.24. The first-order valence-electron chi connectivity index (χ1n) is 5.64. The van der Waals surface area contributed by atoms with Gasteiger partial charge in [0.2, 0.25) is 0 Å². The molecule has 0 atom stereocenters. The Morgan fingerprint density at radius 2 is 2.25 bits per heavy atom. The van der Waals surface area contributed by atoms with Crippen LogP contribution in [0.1, 0.15) is 15.9 Å². The van der Waals surface area contributed by atoms with Crippen LogP contribution in [-0.2, 0) is 0 Å². The number of hydrogen-bond donors (Lipinski definition) is 1. The number of benzene rings is 1. The van der Waals surface area contributed by atoms with Crippen LogP contribution in [0.2, 0.25) is 5.02 Å². The van der Waals surface area contributed by atoms with E-state index < -0.39 is 0 Å². The maximum absolute atomic E-state index is 12.2. The number of halogens is 1. The second-order valence-electron chi connectivity index (χ2n) is 3.84. The molecule has 1 amide bonds. The molecule has 0 saturated heterocycles. The van der Waals surface area contributed by atoms with Crippen molar-refractivity contribution in [1.29, 1.82) is 5.26 Å². The Hall–Kier alpha value is -2.58. The van der Waals surface area contributed by atoms with E-state index >= 15 is 0 Å². The minimum atomic E-state index is -0.388. The number of carbonyl (C=O) groups excluding carboxylic acids is 1. The van der Waals surface area contributed by atoms with E-state index in [4.69, 9.17) is 21.6 Å². The van der Waals surface area contributed by atoms with Crippen molar-refractivity contribution in [2.24, 2.45) is 0 Å². The SMILES string of the molecule is COc1cnccc1C(=O)Nc1cc(C#N)ccc1Cl. The van der Waals surface area contributed by atoms with Crippen LogP contribution in [0.3, 0.4) is 0 Å². The Morgan fingerprint density at radius 3 is 2.95 bits per heavy atom. The van der Waals surface area contributed by atoms with Crippen LogP contribution in [0.15, 0.2) is 36.7 Å². The molecule has 100 valence electrons. The minimum absolute atomic E-state index is 0.334. The highest BCUT2D eigenvalue weighted by Gasteiger charge is 2.13. The molecule has 1 aromatic heterocycles. The molecule has 0 fully saturated rings. The largest absolute Gasteiger partial charge is 0.494 e. The summed E-state index contributed by atoms with van der Waals surface area (Å²) in [6, 6.07) is 8.16. The number of hydrogen-bond acceptors (Lipinski definition) is 4. The van der Waals surface area contributed by atoms with Crippen molar-refractivity contribution < 1.29 is 9.53 Å². The zero-order chi connectivity index (χ0) is 14.5. The fourth-order valence-corrected chi connectivity index (χ4v) is 1.78. The number of carbonyl (C=O) groups is 1. The smallest absolute Gasteiger partial charge is 0.259 e. The summed E-state index contributed by atoms with van der Waals surface area (Å²) in [4.78, 5) is 16.1. The van der Waals surface area contributed by atoms with Gasteiger partial charge < -0.3 is 10.1 Å². The molecule has 0 aliphatic carbocycles. The van der Waals surface area contributed by atoms with Crippen LogP contribution < -0.4 is 10.1 Å². The molecule has 1 heterocycles. The lowest BCUT2D eigenvalue weighted by molar-refractivity contribution is 0.102. The van der Waals surface area contributed by atoms with E-state index in [-0.39, 0.29) is 5.91 Å². The first-order chi connectivity index (χ1) is 9.65. The molecule has 5 nitrogen and oxygen atoms in total. The monoisotopic (exact) mass is 287 g/mol. The van der Waals surface area contributed by atoms with Crippen LogP contribution in [0.25, 0.3) is 0 Å². The number of amides is 1. The maximum atomic E-state index is 12.2. The van der Waals surface area contributed by atoms with Gasteiger partial charge in [-0.3, -0.25) is 9.78 Å². The van der Waals surface area contributed by atoms with Gasteiger partial charge in [0.05, 0.1) is 41.2 Å². The van der Waals surface area contributed by atoms with Crippen molar-refractivity contribution in [3.05, 3.63) is 52.8 Å². The van der Waals surface area contributed by atoms with Gasteiger partial charge in [0, 0.05) is 6.20 Å². The lowest BCUT2D eigenvalue weighted by Crippen LogP contribution is -2.13. The van der Waals surface area contributed by atoms with Gasteiger partial charge in [-0.05, 0) is 24.3 Å². The Bertz CT molecular complexity index is 695. The summed E-state index contributed by atoms with van der Waals surface area (Å²) in [5.74, 6) is -0.0289. The molecular formula is C14H10ClN3O2. The van der Waals surface area contributed by atoms with Crippen LogP contribution in [0, 0.1) is 11.3 Å². The molecule has 0 aliphatic heterocycles. The van der Waals surface area contributed by atoms with Gasteiger partial charge in [-0.25, -0.2) is 0 Å². The summed E-state index contributed by atoms with van der Waals surface area (Å²) in [5.41, 5.74) is 1.11. The highest BCUT2D eigenvalue weighted by Crippen LogP contribution is 2.24. The third-order valence-corrected chi connectivity index (χ3v) is 2.92. The molecule has 6 heteroatoms. The first kappa shape index (κ1) is 13.8. The molecule has 1 aromatic carbocycles. The molecule has 2 aromatic rings.